The first-order chi connectivity index (χ1) is 14.7. The molecule has 0 radical (unpaired) electrons. The maximum Gasteiger partial charge on any atom is 0.387 e. The van der Waals surface area contributed by atoms with E-state index >= 15 is 0 Å². The minimum atomic E-state index is -3.03. The molecule has 3 rings (SSSR count). The summed E-state index contributed by atoms with van der Waals surface area (Å²) in [4.78, 5) is 38.5. The summed E-state index contributed by atoms with van der Waals surface area (Å²) in [6, 6.07) is 9.80. The number of aromatic amines is 1. The van der Waals surface area contributed by atoms with Crippen LogP contribution in [0, 0.1) is 6.92 Å². The average molecular weight is 452 g/mol. The van der Waals surface area contributed by atoms with Crippen LogP contribution in [0.25, 0.3) is 5.69 Å². The van der Waals surface area contributed by atoms with Gasteiger partial charge in [0.05, 0.1) is 16.3 Å². The second-order valence-corrected chi connectivity index (χ2v) is 6.67. The number of nitrogens with one attached hydrogen (secondary N) is 2. The maximum absolute atomic E-state index is 12.2. The van der Waals surface area contributed by atoms with Gasteiger partial charge in [0.15, 0.2) is 6.61 Å². The van der Waals surface area contributed by atoms with E-state index in [0.29, 0.717) is 11.4 Å². The Morgan fingerprint density at radius 2 is 1.90 bits per heavy atom. The average Bonchev–Trinajstić information content (AvgIpc) is 3.06. The summed E-state index contributed by atoms with van der Waals surface area (Å²) in [5.74, 6) is -1.63. The predicted octanol–water partition coefficient (Wildman–Crippen LogP) is 3.52. The fourth-order valence-corrected chi connectivity index (χ4v) is 2.93. The van der Waals surface area contributed by atoms with E-state index in [0.717, 1.165) is 0 Å². The van der Waals surface area contributed by atoms with Crippen LogP contribution in [0.5, 0.6) is 5.75 Å². The molecule has 162 valence electrons. The van der Waals surface area contributed by atoms with Crippen molar-refractivity contribution in [3.8, 4) is 11.4 Å². The van der Waals surface area contributed by atoms with Crippen molar-refractivity contribution in [2.24, 2.45) is 0 Å². The van der Waals surface area contributed by atoms with Crippen molar-refractivity contribution in [3.05, 3.63) is 75.4 Å². The fraction of sp³-hybridized carbons (Fsp3) is 0.150. The van der Waals surface area contributed by atoms with Gasteiger partial charge in [-0.3, -0.25) is 9.36 Å². The molecule has 31 heavy (non-hydrogen) atoms. The maximum atomic E-state index is 12.2. The number of ether oxygens (including phenoxy) is 2. The zero-order valence-electron chi connectivity index (χ0n) is 16.0. The molecule has 0 aliphatic carbocycles. The number of hydrogen-bond donors (Lipinski definition) is 2. The van der Waals surface area contributed by atoms with Gasteiger partial charge in [-0.05, 0) is 49.4 Å². The summed E-state index contributed by atoms with van der Waals surface area (Å²) in [5, 5.41) is 2.31. The highest BCUT2D eigenvalue weighted by molar-refractivity contribution is 6.32. The molecule has 0 aliphatic rings. The zero-order chi connectivity index (χ0) is 22.5. The summed E-state index contributed by atoms with van der Waals surface area (Å²) >= 11 is 5.82. The number of amides is 1. The summed E-state index contributed by atoms with van der Waals surface area (Å²) in [6.45, 7) is -1.85. The van der Waals surface area contributed by atoms with E-state index < -0.39 is 25.1 Å². The van der Waals surface area contributed by atoms with Gasteiger partial charge in [-0.25, -0.2) is 9.59 Å². The number of halogens is 3. The van der Waals surface area contributed by atoms with Gasteiger partial charge < -0.3 is 19.8 Å². The standard InChI is InChI=1S/C20H16ClF2N3O5/c1-11-9-24-20(29)26(11)14-5-2-12(3-6-14)18(28)30-10-17(27)25-13-4-7-16(15(21)8-13)31-19(22)23/h2-9,19H,10H2,1H3,(H,24,29)(H,25,27). The van der Waals surface area contributed by atoms with E-state index in [1.54, 1.807) is 25.3 Å². The molecule has 0 saturated heterocycles. The summed E-state index contributed by atoms with van der Waals surface area (Å²) in [7, 11) is 0. The van der Waals surface area contributed by atoms with Gasteiger partial charge in [-0.1, -0.05) is 11.6 Å². The molecule has 2 aromatic carbocycles. The van der Waals surface area contributed by atoms with Crippen molar-refractivity contribution in [1.82, 2.24) is 9.55 Å². The van der Waals surface area contributed by atoms with Crippen molar-refractivity contribution in [1.29, 1.82) is 0 Å². The molecule has 0 atom stereocenters. The lowest BCUT2D eigenvalue weighted by atomic mass is 10.2. The lowest BCUT2D eigenvalue weighted by Gasteiger charge is -2.10. The van der Waals surface area contributed by atoms with Gasteiger partial charge >= 0.3 is 18.3 Å². The third-order valence-corrected chi connectivity index (χ3v) is 4.38. The van der Waals surface area contributed by atoms with E-state index in [2.05, 4.69) is 15.0 Å². The Morgan fingerprint density at radius 3 is 2.48 bits per heavy atom. The van der Waals surface area contributed by atoms with Crippen LogP contribution in [0.3, 0.4) is 0 Å². The lowest BCUT2D eigenvalue weighted by molar-refractivity contribution is -0.119. The highest BCUT2D eigenvalue weighted by Crippen LogP contribution is 2.28. The summed E-state index contributed by atoms with van der Waals surface area (Å²) in [6.07, 6.45) is 1.57. The van der Waals surface area contributed by atoms with Crippen LogP contribution >= 0.6 is 11.6 Å². The molecule has 2 N–H and O–H groups in total. The Balaban J connectivity index is 1.56. The van der Waals surface area contributed by atoms with Crippen LogP contribution in [0.15, 0.2) is 53.5 Å². The van der Waals surface area contributed by atoms with Crippen molar-refractivity contribution in [2.45, 2.75) is 13.5 Å². The van der Waals surface area contributed by atoms with Crippen LogP contribution in [-0.4, -0.2) is 34.6 Å². The molecule has 0 saturated carbocycles. The molecular formula is C20H16ClF2N3O5. The van der Waals surface area contributed by atoms with Gasteiger partial charge in [0.25, 0.3) is 5.91 Å². The van der Waals surface area contributed by atoms with Gasteiger partial charge in [-0.15, -0.1) is 0 Å². The van der Waals surface area contributed by atoms with Crippen molar-refractivity contribution in [3.63, 3.8) is 0 Å². The third-order valence-electron chi connectivity index (χ3n) is 4.09. The molecule has 0 aliphatic heterocycles. The monoisotopic (exact) mass is 451 g/mol. The number of carbonyl (C=O) groups is 2. The number of nitrogens with zero attached hydrogens (tertiary/aromatic N) is 1. The first-order valence-corrected chi connectivity index (χ1v) is 9.21. The number of rotatable bonds is 7. The molecule has 8 nitrogen and oxygen atoms in total. The summed E-state index contributed by atoms with van der Waals surface area (Å²) < 4.78 is 35.1. The Hall–Kier alpha value is -3.66. The Kier molecular flexibility index (Phi) is 6.71. The highest BCUT2D eigenvalue weighted by atomic mass is 35.5. The molecule has 0 spiro atoms. The number of alkyl halides is 2. The smallest absolute Gasteiger partial charge is 0.387 e. The van der Waals surface area contributed by atoms with Crippen LogP contribution in [0.4, 0.5) is 14.5 Å². The van der Waals surface area contributed by atoms with E-state index in [4.69, 9.17) is 16.3 Å². The third kappa shape index (κ3) is 5.48. The number of hydrogen-bond acceptors (Lipinski definition) is 5. The number of anilines is 1. The van der Waals surface area contributed by atoms with Crippen molar-refractivity contribution < 1.29 is 27.8 Å². The fourth-order valence-electron chi connectivity index (χ4n) is 2.70. The molecule has 11 heteroatoms. The minimum Gasteiger partial charge on any atom is -0.452 e. The Morgan fingerprint density at radius 1 is 1.19 bits per heavy atom. The molecule has 0 bridgehead atoms. The van der Waals surface area contributed by atoms with Crippen LogP contribution in [0.2, 0.25) is 5.02 Å². The van der Waals surface area contributed by atoms with Crippen LogP contribution < -0.4 is 15.7 Å². The number of aryl methyl sites for hydroxylation is 1. The van der Waals surface area contributed by atoms with Gasteiger partial charge in [0.2, 0.25) is 0 Å². The quantitative estimate of drug-likeness (QED) is 0.535. The molecule has 0 fully saturated rings. The van der Waals surface area contributed by atoms with Gasteiger partial charge in [0.1, 0.15) is 5.75 Å². The minimum absolute atomic E-state index is 0.119. The number of benzene rings is 2. The number of aromatic nitrogens is 2. The van der Waals surface area contributed by atoms with Crippen LogP contribution in [-0.2, 0) is 9.53 Å². The normalized spacial score (nSPS) is 10.7. The van der Waals surface area contributed by atoms with Crippen LogP contribution in [0.1, 0.15) is 16.1 Å². The molecule has 3 aromatic rings. The highest BCUT2D eigenvalue weighted by Gasteiger charge is 2.13. The van der Waals surface area contributed by atoms with E-state index in [-0.39, 0.29) is 27.7 Å². The number of imidazole rings is 1. The second kappa shape index (κ2) is 9.43. The lowest BCUT2D eigenvalue weighted by Crippen LogP contribution is -2.21. The molecule has 1 amide bonds. The topological polar surface area (TPSA) is 102 Å². The first-order valence-electron chi connectivity index (χ1n) is 8.83. The zero-order valence-corrected chi connectivity index (χ0v) is 16.8. The number of H-pyrrole nitrogens is 1. The SMILES string of the molecule is Cc1c[nH]c(=O)n1-c1ccc(C(=O)OCC(=O)Nc2ccc(OC(F)F)c(Cl)c2)cc1. The van der Waals surface area contributed by atoms with Crippen molar-refractivity contribution in [2.75, 3.05) is 11.9 Å². The number of esters is 1. The molecular weight excluding hydrogens is 436 g/mol. The number of carbonyl (C=O) groups excluding carboxylic acids is 2. The van der Waals surface area contributed by atoms with Crippen molar-refractivity contribution >= 4 is 29.2 Å². The predicted molar refractivity (Wildman–Crippen MR) is 108 cm³/mol. The van der Waals surface area contributed by atoms with Gasteiger partial charge in [-0.2, -0.15) is 8.78 Å². The largest absolute Gasteiger partial charge is 0.452 e. The Bertz CT molecular complexity index is 1160. The van der Waals surface area contributed by atoms with E-state index in [9.17, 15) is 23.2 Å². The van der Waals surface area contributed by atoms with E-state index in [1.807, 2.05) is 0 Å². The van der Waals surface area contributed by atoms with Gasteiger partial charge in [0, 0.05) is 17.6 Å². The Labute approximate surface area is 179 Å². The second-order valence-electron chi connectivity index (χ2n) is 6.27. The first kappa shape index (κ1) is 22.0. The molecule has 1 aromatic heterocycles. The molecule has 1 heterocycles. The molecule has 0 unspecified atom stereocenters. The van der Waals surface area contributed by atoms with E-state index in [1.165, 1.54) is 34.9 Å². The summed E-state index contributed by atoms with van der Waals surface area (Å²) in [5.41, 5.74) is 1.36.